The standard InChI is InChI=1S/C30H41N7O6/c1-21(2)17-24-29(41)37(15-16-42-3)19-26(38)33-25(18-22-5-7-23(8-6-22)43-20-27(39)34-24)28(40)35-11-13-36(14-12-35)30-31-9-4-10-32-30/h4-10,21,24-25H,11-20H2,1-3H3,(H,33,38)(H,34,39)/t24-,25-/m0/s1. The molecule has 1 saturated heterocycles. The second kappa shape index (κ2) is 15.3. The lowest BCUT2D eigenvalue weighted by atomic mass is 10.0. The van der Waals surface area contributed by atoms with E-state index in [4.69, 9.17) is 9.47 Å². The average Bonchev–Trinajstić information content (AvgIpc) is 3.01. The summed E-state index contributed by atoms with van der Waals surface area (Å²) in [5, 5.41) is 5.67. The van der Waals surface area contributed by atoms with Crippen LogP contribution in [-0.4, -0.2) is 115 Å². The molecule has 1 fully saturated rings. The first kappa shape index (κ1) is 31.7. The van der Waals surface area contributed by atoms with Crippen molar-refractivity contribution in [3.05, 3.63) is 48.3 Å². The molecule has 3 aliphatic heterocycles. The molecule has 232 valence electrons. The normalized spacial score (nSPS) is 20.6. The largest absolute Gasteiger partial charge is 0.484 e. The van der Waals surface area contributed by atoms with Crippen molar-refractivity contribution in [1.82, 2.24) is 30.4 Å². The molecule has 43 heavy (non-hydrogen) atoms. The van der Waals surface area contributed by atoms with Crippen LogP contribution in [0.3, 0.4) is 0 Å². The van der Waals surface area contributed by atoms with Gasteiger partial charge >= 0.3 is 0 Å². The molecule has 2 aromatic rings. The number of nitrogens with zero attached hydrogens (tertiary/aromatic N) is 5. The van der Waals surface area contributed by atoms with Gasteiger partial charge in [0.05, 0.1) is 13.2 Å². The van der Waals surface area contributed by atoms with Crippen LogP contribution in [-0.2, 0) is 30.3 Å². The maximum Gasteiger partial charge on any atom is 0.258 e. The van der Waals surface area contributed by atoms with Gasteiger partial charge in [-0.25, -0.2) is 9.97 Å². The monoisotopic (exact) mass is 595 g/mol. The lowest BCUT2D eigenvalue weighted by Crippen LogP contribution is -2.57. The molecule has 0 saturated carbocycles. The highest BCUT2D eigenvalue weighted by molar-refractivity contribution is 5.93. The first-order valence-corrected chi connectivity index (χ1v) is 14.6. The Labute approximate surface area is 251 Å². The molecule has 3 aliphatic rings. The average molecular weight is 596 g/mol. The first-order chi connectivity index (χ1) is 20.7. The van der Waals surface area contributed by atoms with Gasteiger partial charge in [0.25, 0.3) is 5.91 Å². The Balaban J connectivity index is 1.55. The number of hydrogen-bond donors (Lipinski definition) is 2. The fraction of sp³-hybridized carbons (Fsp3) is 0.533. The van der Waals surface area contributed by atoms with Crippen LogP contribution in [0.1, 0.15) is 25.8 Å². The number of aromatic nitrogens is 2. The number of methoxy groups -OCH3 is 1. The van der Waals surface area contributed by atoms with Gasteiger partial charge in [-0.05, 0) is 36.1 Å². The zero-order valence-corrected chi connectivity index (χ0v) is 25.0. The van der Waals surface area contributed by atoms with Gasteiger partial charge in [-0.2, -0.15) is 0 Å². The lowest BCUT2D eigenvalue weighted by Gasteiger charge is -2.36. The number of anilines is 1. The Morgan fingerprint density at radius 3 is 2.37 bits per heavy atom. The highest BCUT2D eigenvalue weighted by atomic mass is 16.5. The van der Waals surface area contributed by atoms with Crippen molar-refractivity contribution >= 4 is 29.6 Å². The Bertz CT molecular complexity index is 1240. The van der Waals surface area contributed by atoms with E-state index in [1.165, 1.54) is 12.0 Å². The van der Waals surface area contributed by atoms with Crippen molar-refractivity contribution < 1.29 is 28.7 Å². The van der Waals surface area contributed by atoms with Gasteiger partial charge in [0.15, 0.2) is 6.61 Å². The van der Waals surface area contributed by atoms with E-state index in [1.54, 1.807) is 35.5 Å². The minimum atomic E-state index is -0.850. The molecule has 4 heterocycles. The van der Waals surface area contributed by atoms with Crippen LogP contribution in [0, 0.1) is 5.92 Å². The van der Waals surface area contributed by atoms with Crippen molar-refractivity contribution in [3.8, 4) is 5.75 Å². The number of rotatable bonds is 7. The van der Waals surface area contributed by atoms with E-state index in [2.05, 4.69) is 20.6 Å². The topological polar surface area (TPSA) is 146 Å². The maximum absolute atomic E-state index is 13.8. The quantitative estimate of drug-likeness (QED) is 0.430. The third kappa shape index (κ3) is 9.11. The number of carbonyl (C=O) groups is 4. The van der Waals surface area contributed by atoms with Crippen LogP contribution in [0.25, 0.3) is 0 Å². The lowest BCUT2D eigenvalue weighted by molar-refractivity contribution is -0.142. The molecule has 0 unspecified atom stereocenters. The molecule has 13 heteroatoms. The molecule has 2 atom stereocenters. The van der Waals surface area contributed by atoms with Crippen LogP contribution < -0.4 is 20.3 Å². The first-order valence-electron chi connectivity index (χ1n) is 14.6. The van der Waals surface area contributed by atoms with E-state index in [0.29, 0.717) is 44.3 Å². The molecule has 1 aromatic heterocycles. The molecule has 2 N–H and O–H groups in total. The molecule has 5 rings (SSSR count). The number of amides is 4. The summed E-state index contributed by atoms with van der Waals surface area (Å²) in [6, 6.07) is 7.12. The fourth-order valence-corrected chi connectivity index (χ4v) is 5.14. The number of benzene rings is 1. The van der Waals surface area contributed by atoms with Gasteiger partial charge in [0, 0.05) is 58.6 Å². The Kier molecular flexibility index (Phi) is 11.3. The van der Waals surface area contributed by atoms with Crippen LogP contribution in [0.5, 0.6) is 5.75 Å². The van der Waals surface area contributed by atoms with Crippen molar-refractivity contribution in [1.29, 1.82) is 0 Å². The van der Waals surface area contributed by atoms with Crippen LogP contribution in [0.2, 0.25) is 0 Å². The molecule has 0 aliphatic carbocycles. The van der Waals surface area contributed by atoms with E-state index < -0.39 is 29.8 Å². The SMILES string of the molecule is COCCN1CC(=O)N[C@H](C(=O)N2CCN(c3ncccn3)CC2)Cc2ccc(cc2)OCC(=O)N[C@@H](CC(C)C)C1=O. The minimum absolute atomic E-state index is 0.0994. The van der Waals surface area contributed by atoms with E-state index >= 15 is 0 Å². The van der Waals surface area contributed by atoms with Gasteiger partial charge < -0.3 is 34.8 Å². The Morgan fingerprint density at radius 1 is 1.02 bits per heavy atom. The molecular formula is C30H41N7O6. The zero-order valence-electron chi connectivity index (χ0n) is 25.0. The summed E-state index contributed by atoms with van der Waals surface area (Å²) in [6.45, 7) is 5.72. The van der Waals surface area contributed by atoms with E-state index in [1.807, 2.05) is 30.9 Å². The summed E-state index contributed by atoms with van der Waals surface area (Å²) < 4.78 is 10.9. The number of carbonyl (C=O) groups excluding carboxylic acids is 4. The number of fused-ring (bicyclic) bond motifs is 13. The molecular weight excluding hydrogens is 554 g/mol. The summed E-state index contributed by atoms with van der Waals surface area (Å²) in [5.41, 5.74) is 0.809. The zero-order chi connectivity index (χ0) is 30.8. The van der Waals surface area contributed by atoms with Crippen LogP contribution >= 0.6 is 0 Å². The highest BCUT2D eigenvalue weighted by Gasteiger charge is 2.32. The van der Waals surface area contributed by atoms with Gasteiger partial charge in [0.1, 0.15) is 17.8 Å². The van der Waals surface area contributed by atoms with Crippen molar-refractivity contribution in [3.63, 3.8) is 0 Å². The molecule has 0 spiro atoms. The third-order valence-corrected chi connectivity index (χ3v) is 7.34. The fourth-order valence-electron chi connectivity index (χ4n) is 5.14. The van der Waals surface area contributed by atoms with E-state index in [-0.39, 0.29) is 44.5 Å². The van der Waals surface area contributed by atoms with Crippen molar-refractivity contribution in [2.75, 3.05) is 64.5 Å². The summed E-state index contributed by atoms with van der Waals surface area (Å²) >= 11 is 0. The van der Waals surface area contributed by atoms with Gasteiger partial charge in [-0.3, -0.25) is 19.2 Å². The molecule has 0 radical (unpaired) electrons. The number of nitrogens with one attached hydrogen (secondary N) is 2. The summed E-state index contributed by atoms with van der Waals surface area (Å²) in [6.07, 6.45) is 4.00. The number of hydrogen-bond acceptors (Lipinski definition) is 9. The van der Waals surface area contributed by atoms with Gasteiger partial charge in [-0.1, -0.05) is 26.0 Å². The minimum Gasteiger partial charge on any atom is -0.484 e. The van der Waals surface area contributed by atoms with Crippen LogP contribution in [0.4, 0.5) is 5.95 Å². The predicted octanol–water partition coefficient (Wildman–Crippen LogP) is 0.251. The van der Waals surface area contributed by atoms with Gasteiger partial charge in [-0.15, -0.1) is 0 Å². The number of piperazine rings is 1. The van der Waals surface area contributed by atoms with Gasteiger partial charge in [0.2, 0.25) is 23.7 Å². The van der Waals surface area contributed by atoms with E-state index in [9.17, 15) is 19.2 Å². The smallest absolute Gasteiger partial charge is 0.258 e. The Hall–Kier alpha value is -4.26. The van der Waals surface area contributed by atoms with Crippen molar-refractivity contribution in [2.45, 2.75) is 38.8 Å². The number of ether oxygens (including phenoxy) is 2. The second-order valence-corrected chi connectivity index (χ2v) is 11.1. The molecule has 13 nitrogen and oxygen atoms in total. The predicted molar refractivity (Wildman–Crippen MR) is 158 cm³/mol. The van der Waals surface area contributed by atoms with Crippen molar-refractivity contribution in [2.24, 2.45) is 5.92 Å². The summed E-state index contributed by atoms with van der Waals surface area (Å²) in [7, 11) is 1.51. The second-order valence-electron chi connectivity index (χ2n) is 11.1. The van der Waals surface area contributed by atoms with Crippen LogP contribution in [0.15, 0.2) is 42.7 Å². The Morgan fingerprint density at radius 2 is 1.72 bits per heavy atom. The molecule has 1 aromatic carbocycles. The third-order valence-electron chi connectivity index (χ3n) is 7.34. The highest BCUT2D eigenvalue weighted by Crippen LogP contribution is 2.17. The summed E-state index contributed by atoms with van der Waals surface area (Å²) in [4.78, 5) is 67.3. The van der Waals surface area contributed by atoms with E-state index in [0.717, 1.165) is 5.56 Å². The maximum atomic E-state index is 13.8. The molecule has 4 amide bonds. The summed E-state index contributed by atoms with van der Waals surface area (Å²) in [5.74, 6) is -0.317. The molecule has 2 bridgehead atoms.